The summed E-state index contributed by atoms with van der Waals surface area (Å²) in [7, 11) is -4.01. The predicted octanol–water partition coefficient (Wildman–Crippen LogP) is 4.89. The fourth-order valence-corrected chi connectivity index (χ4v) is 5.43. The summed E-state index contributed by atoms with van der Waals surface area (Å²) in [5.41, 5.74) is 6.34. The van der Waals surface area contributed by atoms with Crippen molar-refractivity contribution in [1.82, 2.24) is 9.99 Å². The first-order chi connectivity index (χ1) is 17.7. The highest BCUT2D eigenvalue weighted by Gasteiger charge is 2.27. The van der Waals surface area contributed by atoms with Crippen molar-refractivity contribution in [3.63, 3.8) is 0 Å². The topological polar surface area (TPSA) is 83.8 Å². The second kappa shape index (κ2) is 10.8. The molecule has 0 saturated carbocycles. The van der Waals surface area contributed by atoms with Crippen molar-refractivity contribution in [2.45, 2.75) is 25.7 Å². The Labute approximate surface area is 215 Å². The standard InChI is InChI=1S/C28H27FN4O3S/c1-20-13-15-25(16-14-20)37(35,36)32(24-9-5-4-6-10-24)19-28(34)31-30-18-23-17-21(2)33(22(23)3)27-12-8-7-11-26(27)29/h4-18H,19H2,1-3H3,(H,31,34)/b30-18-. The van der Waals surface area contributed by atoms with Crippen molar-refractivity contribution >= 4 is 27.8 Å². The molecule has 0 bridgehead atoms. The van der Waals surface area contributed by atoms with Gasteiger partial charge in [0.1, 0.15) is 12.4 Å². The fourth-order valence-electron chi connectivity index (χ4n) is 4.01. The van der Waals surface area contributed by atoms with E-state index in [1.165, 1.54) is 24.4 Å². The monoisotopic (exact) mass is 518 g/mol. The maximum Gasteiger partial charge on any atom is 0.264 e. The van der Waals surface area contributed by atoms with Crippen molar-refractivity contribution in [1.29, 1.82) is 0 Å². The number of rotatable bonds is 8. The number of aromatic nitrogens is 1. The second-order valence-corrected chi connectivity index (χ2v) is 10.4. The molecule has 1 N–H and O–H groups in total. The van der Waals surface area contributed by atoms with E-state index in [9.17, 15) is 17.6 Å². The number of nitrogens with one attached hydrogen (secondary N) is 1. The number of amides is 1. The number of halogens is 1. The first-order valence-corrected chi connectivity index (χ1v) is 13.0. The summed E-state index contributed by atoms with van der Waals surface area (Å²) >= 11 is 0. The Morgan fingerprint density at radius 2 is 1.62 bits per heavy atom. The molecule has 9 heteroatoms. The Morgan fingerprint density at radius 3 is 2.30 bits per heavy atom. The molecule has 0 unspecified atom stereocenters. The first kappa shape index (κ1) is 25.8. The lowest BCUT2D eigenvalue weighted by atomic mass is 10.2. The van der Waals surface area contributed by atoms with Crippen LogP contribution in [0.15, 0.2) is 94.9 Å². The number of sulfonamides is 1. The van der Waals surface area contributed by atoms with Gasteiger partial charge >= 0.3 is 0 Å². The van der Waals surface area contributed by atoms with E-state index in [-0.39, 0.29) is 10.7 Å². The molecule has 0 saturated heterocycles. The normalized spacial score (nSPS) is 11.6. The maximum atomic E-state index is 14.3. The summed E-state index contributed by atoms with van der Waals surface area (Å²) in [6.07, 6.45) is 1.46. The SMILES string of the molecule is Cc1ccc(S(=O)(=O)N(CC(=O)N/N=C\c2cc(C)n(-c3ccccc3F)c2C)c2ccccc2)cc1. The van der Waals surface area contributed by atoms with E-state index >= 15 is 0 Å². The number of carbonyl (C=O) groups is 1. The van der Waals surface area contributed by atoms with Crippen LogP contribution < -0.4 is 9.73 Å². The molecular weight excluding hydrogens is 491 g/mol. The lowest BCUT2D eigenvalue weighted by Crippen LogP contribution is -2.39. The van der Waals surface area contributed by atoms with E-state index in [1.807, 2.05) is 26.8 Å². The molecule has 0 aliphatic heterocycles. The van der Waals surface area contributed by atoms with Gasteiger partial charge in [0.05, 0.1) is 22.5 Å². The molecule has 4 aromatic rings. The van der Waals surface area contributed by atoms with Crippen LogP contribution in [0.25, 0.3) is 5.69 Å². The summed E-state index contributed by atoms with van der Waals surface area (Å²) in [6.45, 7) is 5.08. The van der Waals surface area contributed by atoms with Gasteiger partial charge in [-0.1, -0.05) is 48.0 Å². The van der Waals surface area contributed by atoms with Crippen LogP contribution >= 0.6 is 0 Å². The largest absolute Gasteiger partial charge is 0.315 e. The molecule has 0 fully saturated rings. The Kier molecular flexibility index (Phi) is 7.54. The first-order valence-electron chi connectivity index (χ1n) is 11.6. The lowest BCUT2D eigenvalue weighted by molar-refractivity contribution is -0.119. The Morgan fingerprint density at radius 1 is 0.973 bits per heavy atom. The zero-order valence-electron chi connectivity index (χ0n) is 20.7. The fraction of sp³-hybridized carbons (Fsp3) is 0.143. The van der Waals surface area contributed by atoms with Crippen LogP contribution in [0.4, 0.5) is 10.1 Å². The second-order valence-electron chi connectivity index (χ2n) is 8.57. The van der Waals surface area contributed by atoms with Crippen LogP contribution in [-0.2, 0) is 14.8 Å². The highest BCUT2D eigenvalue weighted by Crippen LogP contribution is 2.24. The average molecular weight is 519 g/mol. The van der Waals surface area contributed by atoms with Crippen LogP contribution in [0.1, 0.15) is 22.5 Å². The Hall–Kier alpha value is -4.24. The van der Waals surface area contributed by atoms with E-state index in [4.69, 9.17) is 0 Å². The summed E-state index contributed by atoms with van der Waals surface area (Å²) in [6, 6.07) is 23.2. The molecule has 1 aromatic heterocycles. The molecule has 1 heterocycles. The van der Waals surface area contributed by atoms with Crippen molar-refractivity contribution in [3.8, 4) is 5.69 Å². The molecule has 0 aliphatic rings. The van der Waals surface area contributed by atoms with Gasteiger partial charge in [0.15, 0.2) is 0 Å². The number of hydrazone groups is 1. The number of carbonyl (C=O) groups excluding carboxylic acids is 1. The van der Waals surface area contributed by atoms with Crippen LogP contribution in [-0.4, -0.2) is 31.7 Å². The van der Waals surface area contributed by atoms with Gasteiger partial charge in [-0.2, -0.15) is 5.10 Å². The van der Waals surface area contributed by atoms with E-state index in [0.29, 0.717) is 16.9 Å². The molecule has 0 aliphatic carbocycles. The minimum Gasteiger partial charge on any atom is -0.315 e. The summed E-state index contributed by atoms with van der Waals surface area (Å²) in [4.78, 5) is 12.9. The highest BCUT2D eigenvalue weighted by molar-refractivity contribution is 7.92. The highest BCUT2D eigenvalue weighted by atomic mass is 32.2. The van der Waals surface area contributed by atoms with Crippen LogP contribution in [0, 0.1) is 26.6 Å². The minimum absolute atomic E-state index is 0.0823. The number of nitrogens with zero attached hydrogens (tertiary/aromatic N) is 3. The van der Waals surface area contributed by atoms with Gasteiger partial charge in [0.2, 0.25) is 0 Å². The van der Waals surface area contributed by atoms with E-state index in [2.05, 4.69) is 10.5 Å². The van der Waals surface area contributed by atoms with Gasteiger partial charge in [-0.25, -0.2) is 18.2 Å². The number of hydrogen-bond acceptors (Lipinski definition) is 4. The molecular formula is C28H27FN4O3S. The van der Waals surface area contributed by atoms with Gasteiger partial charge in [-0.15, -0.1) is 0 Å². The van der Waals surface area contributed by atoms with Crippen molar-refractivity contribution in [2.75, 3.05) is 10.8 Å². The zero-order valence-corrected chi connectivity index (χ0v) is 21.5. The molecule has 37 heavy (non-hydrogen) atoms. The molecule has 1 amide bonds. The summed E-state index contributed by atoms with van der Waals surface area (Å²) in [5, 5.41) is 4.03. The van der Waals surface area contributed by atoms with Crippen LogP contribution in [0.5, 0.6) is 0 Å². The van der Waals surface area contributed by atoms with Crippen molar-refractivity contribution in [3.05, 3.63) is 113 Å². The number of para-hydroxylation sites is 2. The van der Waals surface area contributed by atoms with Gasteiger partial charge in [-0.3, -0.25) is 9.10 Å². The van der Waals surface area contributed by atoms with Crippen molar-refractivity contribution < 1.29 is 17.6 Å². The van der Waals surface area contributed by atoms with E-state index in [0.717, 1.165) is 21.3 Å². The number of benzene rings is 3. The molecule has 0 spiro atoms. The van der Waals surface area contributed by atoms with Crippen LogP contribution in [0.3, 0.4) is 0 Å². The van der Waals surface area contributed by atoms with Gasteiger partial charge < -0.3 is 4.57 Å². The molecule has 7 nitrogen and oxygen atoms in total. The molecule has 0 radical (unpaired) electrons. The minimum atomic E-state index is -4.01. The summed E-state index contributed by atoms with van der Waals surface area (Å²) < 4.78 is 43.9. The molecule has 190 valence electrons. The Balaban J connectivity index is 1.54. The zero-order chi connectivity index (χ0) is 26.6. The van der Waals surface area contributed by atoms with Crippen molar-refractivity contribution in [2.24, 2.45) is 5.10 Å². The van der Waals surface area contributed by atoms with Gasteiger partial charge in [0.25, 0.3) is 15.9 Å². The molecule has 3 aromatic carbocycles. The summed E-state index contributed by atoms with van der Waals surface area (Å²) in [5.74, 6) is -0.962. The number of aryl methyl sites for hydroxylation is 2. The average Bonchev–Trinajstić information content (AvgIpc) is 3.16. The molecule has 0 atom stereocenters. The predicted molar refractivity (Wildman–Crippen MR) is 143 cm³/mol. The van der Waals surface area contributed by atoms with E-state index in [1.54, 1.807) is 65.2 Å². The van der Waals surface area contributed by atoms with Gasteiger partial charge in [-0.05, 0) is 63.2 Å². The third-order valence-electron chi connectivity index (χ3n) is 5.90. The Bertz CT molecular complexity index is 1550. The van der Waals surface area contributed by atoms with E-state index < -0.39 is 22.5 Å². The quantitative estimate of drug-likeness (QED) is 0.266. The smallest absolute Gasteiger partial charge is 0.264 e. The molecule has 4 rings (SSSR count). The number of anilines is 1. The third kappa shape index (κ3) is 5.62. The maximum absolute atomic E-state index is 14.3. The lowest BCUT2D eigenvalue weighted by Gasteiger charge is -2.23. The van der Waals surface area contributed by atoms with Crippen LogP contribution in [0.2, 0.25) is 0 Å². The third-order valence-corrected chi connectivity index (χ3v) is 7.68. The van der Waals surface area contributed by atoms with Gasteiger partial charge in [0, 0.05) is 17.0 Å². The number of hydrogen-bond donors (Lipinski definition) is 1.